The lowest BCUT2D eigenvalue weighted by Crippen LogP contribution is -2.05. The molecule has 0 aliphatic heterocycles. The van der Waals surface area contributed by atoms with Gasteiger partial charge < -0.3 is 10.1 Å². The highest BCUT2D eigenvalue weighted by Gasteiger charge is 2.12. The maximum absolute atomic E-state index is 11.7. The van der Waals surface area contributed by atoms with E-state index >= 15 is 0 Å². The molecule has 0 heterocycles. The van der Waals surface area contributed by atoms with Gasteiger partial charge in [0.25, 0.3) is 0 Å². The Hall–Kier alpha value is -2.00. The molecule has 0 radical (unpaired) electrons. The summed E-state index contributed by atoms with van der Waals surface area (Å²) >= 11 is 6.08. The van der Waals surface area contributed by atoms with E-state index in [2.05, 4.69) is 5.32 Å². The molecule has 0 aliphatic carbocycles. The Bertz CT molecular complexity index is 611. The SMILES string of the molecule is COC(=O)c1ccccc1Nc1cccc(Cl)c1C. The number of hydrogen-bond donors (Lipinski definition) is 1. The lowest BCUT2D eigenvalue weighted by Gasteiger charge is -2.13. The van der Waals surface area contributed by atoms with Gasteiger partial charge in [-0.25, -0.2) is 4.79 Å². The van der Waals surface area contributed by atoms with Gasteiger partial charge in [-0.05, 0) is 36.8 Å². The molecule has 19 heavy (non-hydrogen) atoms. The van der Waals surface area contributed by atoms with Crippen LogP contribution in [0.3, 0.4) is 0 Å². The van der Waals surface area contributed by atoms with Crippen LogP contribution in [0.25, 0.3) is 0 Å². The van der Waals surface area contributed by atoms with E-state index in [4.69, 9.17) is 16.3 Å². The van der Waals surface area contributed by atoms with Gasteiger partial charge in [0.1, 0.15) is 0 Å². The van der Waals surface area contributed by atoms with Gasteiger partial charge in [-0.2, -0.15) is 0 Å². The Morgan fingerprint density at radius 2 is 1.79 bits per heavy atom. The van der Waals surface area contributed by atoms with Crippen molar-refractivity contribution in [2.75, 3.05) is 12.4 Å². The molecule has 0 spiro atoms. The molecule has 4 heteroatoms. The molecule has 2 aromatic rings. The molecule has 0 amide bonds. The van der Waals surface area contributed by atoms with Gasteiger partial charge >= 0.3 is 5.97 Å². The van der Waals surface area contributed by atoms with Crippen molar-refractivity contribution in [3.05, 3.63) is 58.6 Å². The summed E-state index contributed by atoms with van der Waals surface area (Å²) < 4.78 is 4.76. The molecular weight excluding hydrogens is 262 g/mol. The summed E-state index contributed by atoms with van der Waals surface area (Å²) in [5, 5.41) is 3.89. The number of halogens is 1. The molecule has 0 aromatic heterocycles. The van der Waals surface area contributed by atoms with Gasteiger partial charge in [-0.15, -0.1) is 0 Å². The van der Waals surface area contributed by atoms with Gasteiger partial charge in [0.05, 0.1) is 18.4 Å². The second-order valence-corrected chi connectivity index (χ2v) is 4.48. The molecule has 0 saturated carbocycles. The molecule has 0 atom stereocenters. The molecule has 0 unspecified atom stereocenters. The van der Waals surface area contributed by atoms with Crippen LogP contribution >= 0.6 is 11.6 Å². The number of benzene rings is 2. The first-order valence-electron chi connectivity index (χ1n) is 5.83. The van der Waals surface area contributed by atoms with Crippen molar-refractivity contribution in [2.45, 2.75) is 6.92 Å². The first-order valence-corrected chi connectivity index (χ1v) is 6.20. The largest absolute Gasteiger partial charge is 0.465 e. The van der Waals surface area contributed by atoms with Crippen molar-refractivity contribution in [1.82, 2.24) is 0 Å². The van der Waals surface area contributed by atoms with E-state index < -0.39 is 0 Å². The van der Waals surface area contributed by atoms with Crippen LogP contribution in [0, 0.1) is 6.92 Å². The predicted octanol–water partition coefficient (Wildman–Crippen LogP) is 4.18. The van der Waals surface area contributed by atoms with E-state index in [0.29, 0.717) is 16.3 Å². The summed E-state index contributed by atoms with van der Waals surface area (Å²) in [6.45, 7) is 1.92. The number of hydrogen-bond acceptors (Lipinski definition) is 3. The van der Waals surface area contributed by atoms with Crippen LogP contribution in [0.5, 0.6) is 0 Å². The third-order valence-corrected chi connectivity index (χ3v) is 3.28. The van der Waals surface area contributed by atoms with E-state index in [1.54, 1.807) is 12.1 Å². The zero-order chi connectivity index (χ0) is 13.8. The number of nitrogens with one attached hydrogen (secondary N) is 1. The standard InChI is InChI=1S/C15H14ClNO2/c1-10-12(16)7-5-9-13(10)17-14-8-4-3-6-11(14)15(18)19-2/h3-9,17H,1-2H3. The van der Waals surface area contributed by atoms with Gasteiger partial charge in [0, 0.05) is 10.7 Å². The zero-order valence-electron chi connectivity index (χ0n) is 10.7. The van der Waals surface area contributed by atoms with Crippen molar-refractivity contribution >= 4 is 28.9 Å². The highest BCUT2D eigenvalue weighted by atomic mass is 35.5. The predicted molar refractivity (Wildman–Crippen MR) is 77.3 cm³/mol. The van der Waals surface area contributed by atoms with Crippen molar-refractivity contribution in [1.29, 1.82) is 0 Å². The maximum atomic E-state index is 11.7. The van der Waals surface area contributed by atoms with E-state index in [0.717, 1.165) is 11.3 Å². The first kappa shape index (κ1) is 13.4. The Morgan fingerprint density at radius 1 is 1.11 bits per heavy atom. The topological polar surface area (TPSA) is 38.3 Å². The van der Waals surface area contributed by atoms with E-state index in [1.807, 2.05) is 37.3 Å². The van der Waals surface area contributed by atoms with Gasteiger partial charge in [0.2, 0.25) is 0 Å². The monoisotopic (exact) mass is 275 g/mol. The average molecular weight is 276 g/mol. The zero-order valence-corrected chi connectivity index (χ0v) is 11.5. The Labute approximate surface area is 117 Å². The number of ether oxygens (including phenoxy) is 1. The minimum atomic E-state index is -0.372. The molecule has 98 valence electrons. The quantitative estimate of drug-likeness (QED) is 0.854. The number of esters is 1. The molecule has 0 aliphatic rings. The third kappa shape index (κ3) is 2.88. The summed E-state index contributed by atoms with van der Waals surface area (Å²) in [6, 6.07) is 12.8. The van der Waals surface area contributed by atoms with Gasteiger partial charge in [0.15, 0.2) is 0 Å². The van der Waals surface area contributed by atoms with Crippen molar-refractivity contribution in [2.24, 2.45) is 0 Å². The van der Waals surface area contributed by atoms with Crippen LogP contribution < -0.4 is 5.32 Å². The minimum absolute atomic E-state index is 0.372. The Morgan fingerprint density at radius 3 is 2.53 bits per heavy atom. The molecule has 1 N–H and O–H groups in total. The number of methoxy groups -OCH3 is 1. The number of carbonyl (C=O) groups excluding carboxylic acids is 1. The van der Waals surface area contributed by atoms with Crippen molar-refractivity contribution in [3.8, 4) is 0 Å². The lowest BCUT2D eigenvalue weighted by molar-refractivity contribution is 0.0602. The lowest BCUT2D eigenvalue weighted by atomic mass is 10.1. The van der Waals surface area contributed by atoms with Crippen molar-refractivity contribution in [3.63, 3.8) is 0 Å². The molecule has 2 aromatic carbocycles. The Kier molecular flexibility index (Phi) is 4.07. The molecule has 2 rings (SSSR count). The number of carbonyl (C=O) groups is 1. The van der Waals surface area contributed by atoms with Crippen LogP contribution in [-0.4, -0.2) is 13.1 Å². The fourth-order valence-electron chi connectivity index (χ4n) is 1.77. The number of anilines is 2. The van der Waals surface area contributed by atoms with E-state index in [9.17, 15) is 4.79 Å². The van der Waals surface area contributed by atoms with Gasteiger partial charge in [-0.1, -0.05) is 29.8 Å². The Balaban J connectivity index is 2.39. The highest BCUT2D eigenvalue weighted by Crippen LogP contribution is 2.27. The first-order chi connectivity index (χ1) is 9.13. The summed E-state index contributed by atoms with van der Waals surface area (Å²) in [5.74, 6) is -0.372. The summed E-state index contributed by atoms with van der Waals surface area (Å²) in [5.41, 5.74) is 2.98. The third-order valence-electron chi connectivity index (χ3n) is 2.87. The van der Waals surface area contributed by atoms with Gasteiger partial charge in [-0.3, -0.25) is 0 Å². The molecule has 0 bridgehead atoms. The number of rotatable bonds is 3. The second-order valence-electron chi connectivity index (χ2n) is 4.07. The maximum Gasteiger partial charge on any atom is 0.339 e. The van der Waals surface area contributed by atoms with Crippen LogP contribution in [-0.2, 0) is 4.74 Å². The van der Waals surface area contributed by atoms with Crippen LogP contribution in [0.2, 0.25) is 5.02 Å². The van der Waals surface area contributed by atoms with E-state index in [-0.39, 0.29) is 5.97 Å². The molecule has 3 nitrogen and oxygen atoms in total. The minimum Gasteiger partial charge on any atom is -0.465 e. The molecule has 0 saturated heterocycles. The summed E-state index contributed by atoms with van der Waals surface area (Å²) in [4.78, 5) is 11.7. The van der Waals surface area contributed by atoms with Crippen LogP contribution in [0.1, 0.15) is 15.9 Å². The molecule has 0 fully saturated rings. The van der Waals surface area contributed by atoms with Crippen molar-refractivity contribution < 1.29 is 9.53 Å². The highest BCUT2D eigenvalue weighted by molar-refractivity contribution is 6.31. The summed E-state index contributed by atoms with van der Waals surface area (Å²) in [7, 11) is 1.36. The second kappa shape index (κ2) is 5.76. The fourth-order valence-corrected chi connectivity index (χ4v) is 1.94. The number of para-hydroxylation sites is 1. The normalized spacial score (nSPS) is 10.1. The fraction of sp³-hybridized carbons (Fsp3) is 0.133. The smallest absolute Gasteiger partial charge is 0.339 e. The van der Waals surface area contributed by atoms with E-state index in [1.165, 1.54) is 7.11 Å². The molecular formula is C15H14ClNO2. The van der Waals surface area contributed by atoms with Crippen LogP contribution in [0.4, 0.5) is 11.4 Å². The average Bonchev–Trinajstić information content (AvgIpc) is 2.43. The van der Waals surface area contributed by atoms with Crippen LogP contribution in [0.15, 0.2) is 42.5 Å². The summed E-state index contributed by atoms with van der Waals surface area (Å²) in [6.07, 6.45) is 0.